The van der Waals surface area contributed by atoms with Crippen molar-refractivity contribution in [3.63, 3.8) is 0 Å². The zero-order valence-corrected chi connectivity index (χ0v) is 24.5. The minimum Gasteiger partial charge on any atom is -0.352 e. The van der Waals surface area contributed by atoms with E-state index in [1.165, 1.54) is 33.5 Å². The molecule has 0 radical (unpaired) electrons. The molecule has 4 nitrogen and oxygen atoms in total. The molecule has 206 valence electrons. The summed E-state index contributed by atoms with van der Waals surface area (Å²) in [4.78, 5) is 21.8. The van der Waals surface area contributed by atoms with Gasteiger partial charge in [-0.2, -0.15) is 0 Å². The molecular formula is C35H45N3O. The SMILES string of the molecule is C=C(CC(C)C1=C(C)C(CCCCCC(=O)NCc2ccc3c(c2)C(C(C)C)C=N3)C=N1)c1ccccc1C. The van der Waals surface area contributed by atoms with Gasteiger partial charge in [-0.3, -0.25) is 14.8 Å². The van der Waals surface area contributed by atoms with Gasteiger partial charge in [-0.05, 0) is 78.5 Å². The van der Waals surface area contributed by atoms with Gasteiger partial charge in [0.1, 0.15) is 0 Å². The first-order valence-corrected chi connectivity index (χ1v) is 14.7. The van der Waals surface area contributed by atoms with Crippen LogP contribution >= 0.6 is 0 Å². The molecule has 0 spiro atoms. The van der Waals surface area contributed by atoms with Crippen LogP contribution in [-0.2, 0) is 11.3 Å². The van der Waals surface area contributed by atoms with Crippen LogP contribution < -0.4 is 5.32 Å². The van der Waals surface area contributed by atoms with Crippen molar-refractivity contribution in [2.45, 2.75) is 85.6 Å². The van der Waals surface area contributed by atoms with Crippen LogP contribution in [0.5, 0.6) is 0 Å². The van der Waals surface area contributed by atoms with Gasteiger partial charge in [-0.25, -0.2) is 0 Å². The summed E-state index contributed by atoms with van der Waals surface area (Å²) >= 11 is 0. The van der Waals surface area contributed by atoms with Crippen LogP contribution in [0.3, 0.4) is 0 Å². The third-order valence-corrected chi connectivity index (χ3v) is 8.35. The van der Waals surface area contributed by atoms with Crippen molar-refractivity contribution in [1.82, 2.24) is 5.32 Å². The van der Waals surface area contributed by atoms with Gasteiger partial charge in [0.05, 0.1) is 5.69 Å². The van der Waals surface area contributed by atoms with Crippen LogP contribution in [0.4, 0.5) is 5.69 Å². The fourth-order valence-corrected chi connectivity index (χ4v) is 5.91. The van der Waals surface area contributed by atoms with E-state index in [1.54, 1.807) is 0 Å². The van der Waals surface area contributed by atoms with Crippen LogP contribution in [-0.4, -0.2) is 18.3 Å². The van der Waals surface area contributed by atoms with Crippen molar-refractivity contribution in [3.8, 4) is 0 Å². The van der Waals surface area contributed by atoms with Crippen molar-refractivity contribution in [2.75, 3.05) is 0 Å². The van der Waals surface area contributed by atoms with Crippen LogP contribution in [0, 0.1) is 24.7 Å². The summed E-state index contributed by atoms with van der Waals surface area (Å²) in [6.45, 7) is 16.0. The lowest BCUT2D eigenvalue weighted by Gasteiger charge is -2.17. The molecule has 0 saturated heterocycles. The molecule has 0 fully saturated rings. The standard InChI is InChI=1S/C35H45N3O/c1-23(2)32-22-36-33-17-16-28(19-31(32)33)20-37-34(39)15-9-7-8-13-29-21-38-35(27(29)6)26(5)18-25(4)30-14-11-10-12-24(30)3/h10-12,14,16-17,19,21-23,26,29,32H,4,7-9,13,15,18,20H2,1-3,5-6H3,(H,37,39). The monoisotopic (exact) mass is 523 g/mol. The minimum atomic E-state index is 0.135. The third kappa shape index (κ3) is 7.23. The number of aliphatic imine (C=N–C) groups is 2. The molecular weight excluding hydrogens is 478 g/mol. The Morgan fingerprint density at radius 3 is 2.56 bits per heavy atom. The van der Waals surface area contributed by atoms with Gasteiger partial charge in [0.15, 0.2) is 0 Å². The maximum Gasteiger partial charge on any atom is 0.220 e. The maximum absolute atomic E-state index is 12.5. The van der Waals surface area contributed by atoms with Gasteiger partial charge in [0.25, 0.3) is 0 Å². The number of benzene rings is 2. The zero-order chi connectivity index (χ0) is 27.9. The quantitative estimate of drug-likeness (QED) is 0.262. The Morgan fingerprint density at radius 2 is 1.79 bits per heavy atom. The Hall–Kier alpha value is -3.27. The molecule has 2 aliphatic rings. The first kappa shape index (κ1) is 28.7. The lowest BCUT2D eigenvalue weighted by atomic mass is 9.88. The highest BCUT2D eigenvalue weighted by Crippen LogP contribution is 2.37. The predicted molar refractivity (Wildman–Crippen MR) is 166 cm³/mol. The predicted octanol–water partition coefficient (Wildman–Crippen LogP) is 8.73. The highest BCUT2D eigenvalue weighted by molar-refractivity contribution is 5.81. The van der Waals surface area contributed by atoms with Gasteiger partial charge < -0.3 is 5.32 Å². The Kier molecular flexibility index (Phi) is 9.72. The number of amides is 1. The van der Waals surface area contributed by atoms with Crippen LogP contribution in [0.25, 0.3) is 5.57 Å². The molecule has 3 atom stereocenters. The molecule has 1 amide bonds. The average molecular weight is 524 g/mol. The largest absolute Gasteiger partial charge is 0.352 e. The molecule has 4 rings (SSSR count). The lowest BCUT2D eigenvalue weighted by molar-refractivity contribution is -0.121. The molecule has 2 heterocycles. The Morgan fingerprint density at radius 1 is 1.00 bits per heavy atom. The second-order valence-electron chi connectivity index (χ2n) is 11.8. The summed E-state index contributed by atoms with van der Waals surface area (Å²) in [6, 6.07) is 14.8. The molecule has 4 heteroatoms. The Balaban J connectivity index is 1.15. The summed E-state index contributed by atoms with van der Waals surface area (Å²) in [5.74, 6) is 1.80. The van der Waals surface area contributed by atoms with Gasteiger partial charge in [-0.1, -0.05) is 76.6 Å². The van der Waals surface area contributed by atoms with Gasteiger partial charge in [0, 0.05) is 48.8 Å². The first-order valence-electron chi connectivity index (χ1n) is 14.7. The number of hydrogen-bond acceptors (Lipinski definition) is 3. The molecule has 2 aromatic rings. The lowest BCUT2D eigenvalue weighted by Crippen LogP contribution is -2.22. The molecule has 0 bridgehead atoms. The summed E-state index contributed by atoms with van der Waals surface area (Å²) in [5, 5.41) is 3.11. The highest BCUT2D eigenvalue weighted by Gasteiger charge is 2.23. The average Bonchev–Trinajstić information content (AvgIpc) is 3.50. The molecule has 0 aliphatic carbocycles. The molecule has 0 saturated carbocycles. The number of fused-ring (bicyclic) bond motifs is 1. The van der Waals surface area contributed by atoms with Crippen molar-refractivity contribution in [3.05, 3.63) is 82.6 Å². The second kappa shape index (κ2) is 13.2. The number of aryl methyl sites for hydroxylation is 1. The molecule has 39 heavy (non-hydrogen) atoms. The van der Waals surface area contributed by atoms with Crippen molar-refractivity contribution < 1.29 is 4.79 Å². The van der Waals surface area contributed by atoms with E-state index in [1.807, 2.05) is 0 Å². The number of carbonyl (C=O) groups excluding carboxylic acids is 1. The Labute approximate surface area is 235 Å². The molecule has 2 aliphatic heterocycles. The van der Waals surface area contributed by atoms with Gasteiger partial charge >= 0.3 is 0 Å². The molecule has 2 aromatic carbocycles. The van der Waals surface area contributed by atoms with Crippen molar-refractivity contribution >= 4 is 29.6 Å². The van der Waals surface area contributed by atoms with E-state index in [9.17, 15) is 4.79 Å². The fraction of sp³-hybridized carbons (Fsp3) is 0.457. The van der Waals surface area contributed by atoms with Gasteiger partial charge in [-0.15, -0.1) is 0 Å². The topological polar surface area (TPSA) is 53.8 Å². The molecule has 0 aromatic heterocycles. The smallest absolute Gasteiger partial charge is 0.220 e. The number of rotatable bonds is 13. The highest BCUT2D eigenvalue weighted by atomic mass is 16.1. The summed E-state index contributed by atoms with van der Waals surface area (Å²) < 4.78 is 0. The Bertz CT molecular complexity index is 1280. The number of nitrogens with one attached hydrogen (secondary N) is 1. The van der Waals surface area contributed by atoms with E-state index in [0.717, 1.165) is 43.4 Å². The van der Waals surface area contributed by atoms with Crippen LogP contribution in [0.15, 0.2) is 70.3 Å². The molecule has 1 N–H and O–H groups in total. The number of nitrogens with zero attached hydrogens (tertiary/aromatic N) is 2. The van der Waals surface area contributed by atoms with Crippen LogP contribution in [0.1, 0.15) is 94.4 Å². The normalized spacial score (nSPS) is 18.6. The van der Waals surface area contributed by atoms with E-state index < -0.39 is 0 Å². The van der Waals surface area contributed by atoms with E-state index in [2.05, 4.69) is 106 Å². The van der Waals surface area contributed by atoms with Crippen molar-refractivity contribution in [2.24, 2.45) is 27.7 Å². The number of unbranched alkanes of at least 4 members (excludes halogenated alkanes) is 2. The van der Waals surface area contributed by atoms with E-state index in [4.69, 9.17) is 4.99 Å². The number of carbonyl (C=O) groups is 1. The number of allylic oxidation sites excluding steroid dienone is 3. The zero-order valence-electron chi connectivity index (χ0n) is 24.5. The molecule has 3 unspecified atom stereocenters. The fourth-order valence-electron chi connectivity index (χ4n) is 5.91. The van der Waals surface area contributed by atoms with Gasteiger partial charge in [0.2, 0.25) is 5.91 Å². The first-order chi connectivity index (χ1) is 18.7. The number of hydrogen-bond donors (Lipinski definition) is 1. The summed E-state index contributed by atoms with van der Waals surface area (Å²) in [5.41, 5.74) is 9.84. The summed E-state index contributed by atoms with van der Waals surface area (Å²) in [7, 11) is 0. The minimum absolute atomic E-state index is 0.135. The maximum atomic E-state index is 12.5. The van der Waals surface area contributed by atoms with E-state index >= 15 is 0 Å². The third-order valence-electron chi connectivity index (χ3n) is 8.35. The van der Waals surface area contributed by atoms with E-state index in [0.29, 0.717) is 36.6 Å². The van der Waals surface area contributed by atoms with Crippen molar-refractivity contribution in [1.29, 1.82) is 0 Å². The summed E-state index contributed by atoms with van der Waals surface area (Å²) in [6.07, 6.45) is 9.89. The second-order valence-corrected chi connectivity index (χ2v) is 11.8. The van der Waals surface area contributed by atoms with E-state index in [-0.39, 0.29) is 5.91 Å². The van der Waals surface area contributed by atoms with Crippen LogP contribution in [0.2, 0.25) is 0 Å².